The molecule has 1 saturated carbocycles. The van der Waals surface area contributed by atoms with Gasteiger partial charge in [0.25, 0.3) is 0 Å². The predicted molar refractivity (Wildman–Crippen MR) is 119 cm³/mol. The van der Waals surface area contributed by atoms with E-state index in [2.05, 4.69) is 4.74 Å². The van der Waals surface area contributed by atoms with Gasteiger partial charge < -0.3 is 24.4 Å². The first-order valence-corrected chi connectivity index (χ1v) is 11.7. The molecular formula is C22H26INO8. The summed E-state index contributed by atoms with van der Waals surface area (Å²) in [5.41, 5.74) is 0.695. The number of halogens is 1. The van der Waals surface area contributed by atoms with Crippen LogP contribution < -0.4 is 4.74 Å². The summed E-state index contributed by atoms with van der Waals surface area (Å²) in [6.07, 6.45) is 0.347. The van der Waals surface area contributed by atoms with Crippen molar-refractivity contribution < 1.29 is 38.8 Å². The van der Waals surface area contributed by atoms with E-state index in [9.17, 15) is 24.6 Å². The first-order chi connectivity index (χ1) is 15.2. The molecule has 0 aromatic heterocycles. The average Bonchev–Trinajstić information content (AvgIpc) is 3.24. The molecule has 1 aromatic carbocycles. The quantitative estimate of drug-likeness (QED) is 0.427. The molecule has 10 heteroatoms. The number of rotatable bonds is 4. The Balaban J connectivity index is 1.74. The third kappa shape index (κ3) is 3.38. The van der Waals surface area contributed by atoms with E-state index in [0.29, 0.717) is 20.5 Å². The normalized spacial score (nSPS) is 33.8. The Morgan fingerprint density at radius 1 is 1.28 bits per heavy atom. The molecule has 4 rings (SSSR count). The minimum absolute atomic E-state index is 0.0141. The molecule has 2 heterocycles. The Hall–Kier alpha value is -1.92. The SMILES string of the molecule is CCC[C@H]1C[C@@H]2C(=O)N(C(=O)OC)C(=O)[C@@H]2[C@@H]2C[C@@H](c3cc(I)c(O)c(OC)c3)O[C@]12O. The number of aromatic hydroxyl groups is 1. The zero-order valence-corrected chi connectivity index (χ0v) is 20.2. The molecule has 1 aliphatic carbocycles. The van der Waals surface area contributed by atoms with Crippen molar-refractivity contribution in [3.05, 3.63) is 21.3 Å². The number of phenols is 1. The maximum Gasteiger partial charge on any atom is 0.423 e. The summed E-state index contributed by atoms with van der Waals surface area (Å²) in [4.78, 5) is 38.8. The molecule has 0 bridgehead atoms. The van der Waals surface area contributed by atoms with E-state index >= 15 is 0 Å². The van der Waals surface area contributed by atoms with Gasteiger partial charge in [-0.1, -0.05) is 13.3 Å². The van der Waals surface area contributed by atoms with Gasteiger partial charge in [0.15, 0.2) is 17.3 Å². The molecule has 0 spiro atoms. The van der Waals surface area contributed by atoms with Crippen LogP contribution in [0.25, 0.3) is 0 Å². The lowest BCUT2D eigenvalue weighted by atomic mass is 9.63. The molecule has 3 fully saturated rings. The maximum atomic E-state index is 13.1. The summed E-state index contributed by atoms with van der Waals surface area (Å²) in [6.45, 7) is 1.98. The molecule has 1 aromatic rings. The molecule has 9 nitrogen and oxygen atoms in total. The molecule has 2 saturated heterocycles. The summed E-state index contributed by atoms with van der Waals surface area (Å²) >= 11 is 1.99. The van der Waals surface area contributed by atoms with Gasteiger partial charge in [0.1, 0.15) is 0 Å². The van der Waals surface area contributed by atoms with Crippen molar-refractivity contribution in [1.29, 1.82) is 0 Å². The van der Waals surface area contributed by atoms with E-state index in [1.54, 1.807) is 12.1 Å². The first kappa shape index (κ1) is 23.2. The van der Waals surface area contributed by atoms with Gasteiger partial charge in [-0.3, -0.25) is 9.59 Å². The lowest BCUT2D eigenvalue weighted by Gasteiger charge is -2.44. The minimum atomic E-state index is -1.61. The van der Waals surface area contributed by atoms with Gasteiger partial charge in [-0.25, -0.2) is 4.79 Å². The summed E-state index contributed by atoms with van der Waals surface area (Å²) in [5, 5.41) is 21.9. The van der Waals surface area contributed by atoms with E-state index in [-0.39, 0.29) is 30.3 Å². The van der Waals surface area contributed by atoms with Crippen molar-refractivity contribution >= 4 is 40.5 Å². The number of amides is 3. The van der Waals surface area contributed by atoms with Gasteiger partial charge in [-0.2, -0.15) is 4.90 Å². The van der Waals surface area contributed by atoms with Crippen LogP contribution in [-0.2, 0) is 19.1 Å². The summed E-state index contributed by atoms with van der Waals surface area (Å²) in [7, 11) is 2.57. The smallest absolute Gasteiger partial charge is 0.423 e. The lowest BCUT2D eigenvalue weighted by Crippen LogP contribution is -2.53. The van der Waals surface area contributed by atoms with Crippen molar-refractivity contribution in [3.63, 3.8) is 0 Å². The fraction of sp³-hybridized carbons (Fsp3) is 0.591. The van der Waals surface area contributed by atoms with Gasteiger partial charge in [-0.05, 0) is 59.5 Å². The molecule has 174 valence electrons. The Labute approximate surface area is 199 Å². The van der Waals surface area contributed by atoms with Gasteiger partial charge in [-0.15, -0.1) is 0 Å². The van der Waals surface area contributed by atoms with Gasteiger partial charge in [0.05, 0.1) is 35.7 Å². The van der Waals surface area contributed by atoms with Crippen molar-refractivity contribution in [1.82, 2.24) is 4.90 Å². The zero-order valence-electron chi connectivity index (χ0n) is 18.0. The monoisotopic (exact) mass is 559 g/mol. The van der Waals surface area contributed by atoms with Crippen LogP contribution >= 0.6 is 22.6 Å². The van der Waals surface area contributed by atoms with E-state index in [1.807, 2.05) is 29.5 Å². The van der Waals surface area contributed by atoms with Crippen molar-refractivity contribution in [2.45, 2.75) is 44.5 Å². The number of fused-ring (bicyclic) bond motifs is 3. The van der Waals surface area contributed by atoms with Crippen molar-refractivity contribution in [2.24, 2.45) is 23.7 Å². The molecule has 3 amide bonds. The van der Waals surface area contributed by atoms with Crippen LogP contribution in [0.3, 0.4) is 0 Å². The number of hydrogen-bond acceptors (Lipinski definition) is 8. The zero-order chi connectivity index (χ0) is 23.4. The van der Waals surface area contributed by atoms with Crippen LogP contribution in [0.1, 0.15) is 44.3 Å². The number of nitrogens with zero attached hydrogens (tertiary/aromatic N) is 1. The van der Waals surface area contributed by atoms with E-state index in [4.69, 9.17) is 9.47 Å². The molecule has 32 heavy (non-hydrogen) atoms. The number of carbonyl (C=O) groups is 3. The Bertz CT molecular complexity index is 967. The molecule has 3 aliphatic rings. The summed E-state index contributed by atoms with van der Waals surface area (Å²) in [6, 6.07) is 3.40. The van der Waals surface area contributed by atoms with Crippen LogP contribution in [0.2, 0.25) is 0 Å². The average molecular weight is 559 g/mol. The van der Waals surface area contributed by atoms with Gasteiger partial charge in [0, 0.05) is 11.8 Å². The second kappa shape index (κ2) is 8.45. The fourth-order valence-electron chi connectivity index (χ4n) is 5.57. The summed E-state index contributed by atoms with van der Waals surface area (Å²) in [5.74, 6) is -5.11. The number of likely N-dealkylation sites (tertiary alicyclic amines) is 1. The van der Waals surface area contributed by atoms with Gasteiger partial charge >= 0.3 is 6.09 Å². The fourth-order valence-corrected chi connectivity index (χ4v) is 6.20. The van der Waals surface area contributed by atoms with E-state index < -0.39 is 47.6 Å². The standard InChI is InChI=1S/C22H26INO8/c1-4-5-11-8-12-17(20(27)24(19(12)26)21(28)31-3)13-9-15(32-22(11,13)29)10-6-14(23)18(25)16(7-10)30-2/h6-7,11-13,15,17,25,29H,4-5,8-9H2,1-3H3/t11-,12-,13-,15-,17-,22+/m0/s1. The van der Waals surface area contributed by atoms with Crippen LogP contribution in [0.15, 0.2) is 12.1 Å². The highest BCUT2D eigenvalue weighted by atomic mass is 127. The second-order valence-electron chi connectivity index (χ2n) is 8.59. The highest BCUT2D eigenvalue weighted by Gasteiger charge is 2.67. The second-order valence-corrected chi connectivity index (χ2v) is 9.75. The third-order valence-corrected chi connectivity index (χ3v) is 7.82. The molecule has 2 N–H and O–H groups in total. The molecular weight excluding hydrogens is 533 g/mol. The number of phenolic OH excluding ortho intramolecular Hbond substituents is 1. The third-order valence-electron chi connectivity index (χ3n) is 7.00. The van der Waals surface area contributed by atoms with Crippen molar-refractivity contribution in [3.8, 4) is 11.5 Å². The van der Waals surface area contributed by atoms with Crippen LogP contribution in [0.4, 0.5) is 4.79 Å². The van der Waals surface area contributed by atoms with Gasteiger partial charge in [0.2, 0.25) is 11.8 Å². The first-order valence-electron chi connectivity index (χ1n) is 10.6. The predicted octanol–water partition coefficient (Wildman–Crippen LogP) is 2.96. The highest BCUT2D eigenvalue weighted by Crippen LogP contribution is 2.59. The van der Waals surface area contributed by atoms with Crippen molar-refractivity contribution in [2.75, 3.05) is 14.2 Å². The molecule has 2 aliphatic heterocycles. The maximum absolute atomic E-state index is 13.1. The number of imide groups is 3. The van der Waals surface area contributed by atoms with E-state index in [1.165, 1.54) is 7.11 Å². The number of methoxy groups -OCH3 is 2. The summed E-state index contributed by atoms with van der Waals surface area (Å²) < 4.78 is 16.7. The Morgan fingerprint density at radius 2 is 2.00 bits per heavy atom. The minimum Gasteiger partial charge on any atom is -0.504 e. The Kier molecular flexibility index (Phi) is 6.14. The Morgan fingerprint density at radius 3 is 2.62 bits per heavy atom. The topological polar surface area (TPSA) is 123 Å². The highest BCUT2D eigenvalue weighted by molar-refractivity contribution is 14.1. The molecule has 0 unspecified atom stereocenters. The number of ether oxygens (including phenoxy) is 3. The lowest BCUT2D eigenvalue weighted by molar-refractivity contribution is -0.270. The van der Waals surface area contributed by atoms with E-state index in [0.717, 1.165) is 13.5 Å². The van der Waals surface area contributed by atoms with Crippen LogP contribution in [0.5, 0.6) is 11.5 Å². The largest absolute Gasteiger partial charge is 0.504 e. The van der Waals surface area contributed by atoms with Crippen LogP contribution in [0, 0.1) is 27.2 Å². The van der Waals surface area contributed by atoms with Crippen LogP contribution in [-0.4, -0.2) is 53.0 Å². The number of hydrogen-bond donors (Lipinski definition) is 2. The molecule has 0 radical (unpaired) electrons. The molecule has 6 atom stereocenters. The number of aliphatic hydroxyl groups is 1. The number of carbonyl (C=O) groups excluding carboxylic acids is 3. The number of benzene rings is 1.